The third-order valence-electron chi connectivity index (χ3n) is 3.19. The standard InChI is InChI=1S/C16H19NO/c1-2-14-7-3-4-9-16(14)15-8-5-6-13(10-11-15)12-17-18/h3-4,6-11,17-18H,2,5,12H2,1H3. The molecule has 0 saturated heterocycles. The molecule has 1 aromatic carbocycles. The number of rotatable bonds is 4. The van der Waals surface area contributed by atoms with E-state index in [9.17, 15) is 0 Å². The molecule has 0 heterocycles. The van der Waals surface area contributed by atoms with Crippen molar-refractivity contribution < 1.29 is 5.21 Å². The quantitative estimate of drug-likeness (QED) is 0.791. The first-order valence-electron chi connectivity index (χ1n) is 6.37. The van der Waals surface area contributed by atoms with Crippen molar-refractivity contribution in [2.45, 2.75) is 19.8 Å². The number of aryl methyl sites for hydroxylation is 1. The number of hydrogen-bond acceptors (Lipinski definition) is 2. The Morgan fingerprint density at radius 1 is 1.17 bits per heavy atom. The Morgan fingerprint density at radius 2 is 2.00 bits per heavy atom. The molecule has 0 aromatic heterocycles. The lowest BCUT2D eigenvalue weighted by Gasteiger charge is -2.08. The van der Waals surface area contributed by atoms with Crippen LogP contribution in [0.4, 0.5) is 0 Å². The summed E-state index contributed by atoms with van der Waals surface area (Å²) in [6.45, 7) is 2.67. The van der Waals surface area contributed by atoms with Crippen LogP contribution in [-0.4, -0.2) is 11.8 Å². The van der Waals surface area contributed by atoms with Gasteiger partial charge in [0.2, 0.25) is 0 Å². The second kappa shape index (κ2) is 6.34. The summed E-state index contributed by atoms with van der Waals surface area (Å²) < 4.78 is 0. The van der Waals surface area contributed by atoms with Crippen LogP contribution in [0, 0.1) is 0 Å². The molecule has 0 saturated carbocycles. The summed E-state index contributed by atoms with van der Waals surface area (Å²) in [6, 6.07) is 8.52. The topological polar surface area (TPSA) is 32.3 Å². The van der Waals surface area contributed by atoms with Gasteiger partial charge in [0.15, 0.2) is 0 Å². The number of hydroxylamine groups is 1. The molecule has 2 heteroatoms. The second-order valence-electron chi connectivity index (χ2n) is 4.35. The van der Waals surface area contributed by atoms with Crippen LogP contribution in [-0.2, 0) is 6.42 Å². The fourth-order valence-electron chi connectivity index (χ4n) is 2.20. The highest BCUT2D eigenvalue weighted by Crippen LogP contribution is 2.24. The van der Waals surface area contributed by atoms with Crippen molar-refractivity contribution in [1.29, 1.82) is 0 Å². The lowest BCUT2D eigenvalue weighted by atomic mass is 9.97. The van der Waals surface area contributed by atoms with Crippen LogP contribution >= 0.6 is 0 Å². The summed E-state index contributed by atoms with van der Waals surface area (Å²) in [5, 5.41) is 8.73. The zero-order valence-corrected chi connectivity index (χ0v) is 10.7. The molecule has 0 atom stereocenters. The van der Waals surface area contributed by atoms with E-state index in [1.807, 2.05) is 0 Å². The predicted molar refractivity (Wildman–Crippen MR) is 75.4 cm³/mol. The van der Waals surface area contributed by atoms with Gasteiger partial charge >= 0.3 is 0 Å². The molecule has 0 aliphatic heterocycles. The third-order valence-corrected chi connectivity index (χ3v) is 3.19. The lowest BCUT2D eigenvalue weighted by molar-refractivity contribution is 0.177. The van der Waals surface area contributed by atoms with Gasteiger partial charge in [0, 0.05) is 6.54 Å². The van der Waals surface area contributed by atoms with Gasteiger partial charge in [-0.3, -0.25) is 0 Å². The van der Waals surface area contributed by atoms with Crippen molar-refractivity contribution >= 4 is 5.57 Å². The van der Waals surface area contributed by atoms with E-state index in [1.54, 1.807) is 0 Å². The van der Waals surface area contributed by atoms with Gasteiger partial charge in [-0.25, -0.2) is 5.48 Å². The average molecular weight is 241 g/mol. The van der Waals surface area contributed by atoms with Crippen LogP contribution in [0.15, 0.2) is 54.1 Å². The Bertz CT molecular complexity index is 498. The average Bonchev–Trinajstić information content (AvgIpc) is 2.65. The number of hydrogen-bond donors (Lipinski definition) is 2. The van der Waals surface area contributed by atoms with Crippen molar-refractivity contribution in [3.63, 3.8) is 0 Å². The Labute approximate surface area is 108 Å². The van der Waals surface area contributed by atoms with E-state index in [0.29, 0.717) is 6.54 Å². The summed E-state index contributed by atoms with van der Waals surface area (Å²) in [5.74, 6) is 0. The summed E-state index contributed by atoms with van der Waals surface area (Å²) in [7, 11) is 0. The van der Waals surface area contributed by atoms with Gasteiger partial charge in [0.05, 0.1) is 0 Å². The Hall–Kier alpha value is -1.64. The van der Waals surface area contributed by atoms with Gasteiger partial charge < -0.3 is 5.21 Å². The molecule has 1 aliphatic carbocycles. The van der Waals surface area contributed by atoms with Gasteiger partial charge in [0.25, 0.3) is 0 Å². The first kappa shape index (κ1) is 12.8. The zero-order valence-electron chi connectivity index (χ0n) is 10.7. The minimum Gasteiger partial charge on any atom is -0.316 e. The molecule has 2 rings (SSSR count). The summed E-state index contributed by atoms with van der Waals surface area (Å²) in [6.07, 6.45) is 10.5. The van der Waals surface area contributed by atoms with Crippen molar-refractivity contribution in [3.05, 3.63) is 65.3 Å². The number of nitrogens with one attached hydrogen (secondary N) is 1. The maximum absolute atomic E-state index is 8.73. The predicted octanol–water partition coefficient (Wildman–Crippen LogP) is 3.50. The van der Waals surface area contributed by atoms with Gasteiger partial charge in [-0.2, -0.15) is 0 Å². The lowest BCUT2D eigenvalue weighted by Crippen LogP contribution is -2.09. The van der Waals surface area contributed by atoms with E-state index in [4.69, 9.17) is 5.21 Å². The molecule has 0 amide bonds. The maximum atomic E-state index is 8.73. The zero-order chi connectivity index (χ0) is 12.8. The molecule has 18 heavy (non-hydrogen) atoms. The van der Waals surface area contributed by atoms with Crippen molar-refractivity contribution in [1.82, 2.24) is 5.48 Å². The van der Waals surface area contributed by atoms with Crippen LogP contribution in [0.5, 0.6) is 0 Å². The molecule has 1 aromatic rings. The van der Waals surface area contributed by atoms with Crippen molar-refractivity contribution in [2.24, 2.45) is 0 Å². The number of allylic oxidation sites excluding steroid dienone is 4. The molecule has 2 nitrogen and oxygen atoms in total. The summed E-state index contributed by atoms with van der Waals surface area (Å²) in [5.41, 5.74) is 7.25. The molecule has 0 fully saturated rings. The highest BCUT2D eigenvalue weighted by Gasteiger charge is 2.05. The van der Waals surface area contributed by atoms with Crippen LogP contribution in [0.25, 0.3) is 5.57 Å². The van der Waals surface area contributed by atoms with Crippen LogP contribution in [0.1, 0.15) is 24.5 Å². The van der Waals surface area contributed by atoms with E-state index in [2.05, 4.69) is 61.0 Å². The fourth-order valence-corrected chi connectivity index (χ4v) is 2.20. The van der Waals surface area contributed by atoms with Gasteiger partial charge in [-0.15, -0.1) is 0 Å². The fraction of sp³-hybridized carbons (Fsp3) is 0.250. The Kier molecular flexibility index (Phi) is 4.51. The van der Waals surface area contributed by atoms with Crippen LogP contribution in [0.2, 0.25) is 0 Å². The van der Waals surface area contributed by atoms with Gasteiger partial charge in [0.1, 0.15) is 0 Å². The number of benzene rings is 1. The molecule has 0 bridgehead atoms. The third kappa shape index (κ3) is 2.97. The smallest absolute Gasteiger partial charge is 0.0455 e. The molecule has 94 valence electrons. The first-order valence-corrected chi connectivity index (χ1v) is 6.37. The van der Waals surface area contributed by atoms with Crippen LogP contribution in [0.3, 0.4) is 0 Å². The maximum Gasteiger partial charge on any atom is 0.0455 e. The van der Waals surface area contributed by atoms with Crippen molar-refractivity contribution in [3.8, 4) is 0 Å². The molecular weight excluding hydrogens is 222 g/mol. The van der Waals surface area contributed by atoms with Gasteiger partial charge in [-0.1, -0.05) is 55.5 Å². The van der Waals surface area contributed by atoms with Gasteiger partial charge in [-0.05, 0) is 35.1 Å². The van der Waals surface area contributed by atoms with E-state index in [0.717, 1.165) is 18.4 Å². The Balaban J connectivity index is 2.25. The van der Waals surface area contributed by atoms with Crippen molar-refractivity contribution in [2.75, 3.05) is 6.54 Å². The second-order valence-corrected chi connectivity index (χ2v) is 4.35. The largest absolute Gasteiger partial charge is 0.316 e. The summed E-state index contributed by atoms with van der Waals surface area (Å²) in [4.78, 5) is 0. The molecule has 1 aliphatic rings. The Morgan fingerprint density at radius 3 is 2.78 bits per heavy atom. The van der Waals surface area contributed by atoms with E-state index < -0.39 is 0 Å². The normalized spacial score (nSPS) is 15.0. The highest BCUT2D eigenvalue weighted by molar-refractivity contribution is 5.77. The monoisotopic (exact) mass is 241 g/mol. The van der Waals surface area contributed by atoms with E-state index in [1.165, 1.54) is 16.7 Å². The molecule has 0 radical (unpaired) electrons. The minimum absolute atomic E-state index is 0.493. The minimum atomic E-state index is 0.493. The van der Waals surface area contributed by atoms with E-state index >= 15 is 0 Å². The molecule has 2 N–H and O–H groups in total. The summed E-state index contributed by atoms with van der Waals surface area (Å²) >= 11 is 0. The first-order chi connectivity index (χ1) is 8.85. The van der Waals surface area contributed by atoms with E-state index in [-0.39, 0.29) is 0 Å². The molecule has 0 spiro atoms. The SMILES string of the molecule is CCc1ccccc1C1=CCC=C(CNO)C=C1. The highest BCUT2D eigenvalue weighted by atomic mass is 16.5. The molecular formula is C16H19NO. The molecule has 0 unspecified atom stereocenters. The van der Waals surface area contributed by atoms with Crippen LogP contribution < -0.4 is 5.48 Å².